The number of benzene rings is 2. The Bertz CT molecular complexity index is 1280. The molecule has 8 nitrogen and oxygen atoms in total. The summed E-state index contributed by atoms with van der Waals surface area (Å²) in [6, 6.07) is 12.4. The number of nitrogens with one attached hydrogen (secondary N) is 2. The molecule has 2 aromatic carbocycles. The van der Waals surface area contributed by atoms with Gasteiger partial charge in [-0.1, -0.05) is 37.8 Å². The van der Waals surface area contributed by atoms with Gasteiger partial charge in [0.1, 0.15) is 12.0 Å². The van der Waals surface area contributed by atoms with Gasteiger partial charge in [-0.3, -0.25) is 9.89 Å². The molecule has 2 aromatic rings. The average Bonchev–Trinajstić information content (AvgIpc) is 3.51. The maximum Gasteiger partial charge on any atom is 0.156 e. The van der Waals surface area contributed by atoms with Crippen LogP contribution in [0.2, 0.25) is 0 Å². The third-order valence-corrected chi connectivity index (χ3v) is 8.53. The molecule has 42 heavy (non-hydrogen) atoms. The highest BCUT2D eigenvalue weighted by atomic mass is 19.1. The van der Waals surface area contributed by atoms with E-state index in [-0.39, 0.29) is 5.82 Å². The molecule has 0 radical (unpaired) electrons. The van der Waals surface area contributed by atoms with Gasteiger partial charge in [-0.05, 0) is 83.2 Å². The van der Waals surface area contributed by atoms with E-state index in [1.54, 1.807) is 0 Å². The van der Waals surface area contributed by atoms with Crippen molar-refractivity contribution in [2.75, 3.05) is 56.5 Å². The summed E-state index contributed by atoms with van der Waals surface area (Å²) >= 11 is 0. The zero-order chi connectivity index (χ0) is 30.2. The number of halogens is 1. The van der Waals surface area contributed by atoms with E-state index in [1.807, 2.05) is 43.3 Å². The highest BCUT2D eigenvalue weighted by Crippen LogP contribution is 2.38. The SMILES string of the molecule is C=N/C=N\C(Nc1c(N2CC(C)N(C)C(C)C2)ccc(-c2ccc(C(=C)NCCN3CCCC3)cc2)c1F)=C(\N)CC. The van der Waals surface area contributed by atoms with Crippen LogP contribution in [-0.2, 0) is 0 Å². The van der Waals surface area contributed by atoms with Gasteiger partial charge in [-0.2, -0.15) is 0 Å². The normalized spacial score (nSPS) is 20.5. The molecule has 0 saturated carbocycles. The molecule has 0 aromatic heterocycles. The number of piperazine rings is 1. The van der Waals surface area contributed by atoms with Crippen LogP contribution >= 0.6 is 0 Å². The molecule has 2 aliphatic heterocycles. The second kappa shape index (κ2) is 14.5. The lowest BCUT2D eigenvalue weighted by molar-refractivity contribution is 0.170. The number of likely N-dealkylation sites (N-methyl/N-ethyl adjacent to an activating group) is 1. The largest absolute Gasteiger partial charge is 0.399 e. The molecule has 2 saturated heterocycles. The first-order chi connectivity index (χ1) is 20.2. The molecule has 4 N–H and O–H groups in total. The van der Waals surface area contributed by atoms with E-state index in [0.29, 0.717) is 41.3 Å². The first-order valence-corrected chi connectivity index (χ1v) is 15.0. The second-order valence-corrected chi connectivity index (χ2v) is 11.4. The van der Waals surface area contributed by atoms with E-state index >= 15 is 4.39 Å². The highest BCUT2D eigenvalue weighted by molar-refractivity contribution is 5.81. The number of anilines is 2. The van der Waals surface area contributed by atoms with Gasteiger partial charge >= 0.3 is 0 Å². The maximum atomic E-state index is 16.6. The number of allylic oxidation sites excluding steroid dienone is 1. The molecule has 0 bridgehead atoms. The minimum Gasteiger partial charge on any atom is -0.399 e. The number of aliphatic imine (C=N–C) groups is 2. The molecule has 2 fully saturated rings. The molecular weight excluding hydrogens is 527 g/mol. The molecule has 0 aliphatic carbocycles. The van der Waals surface area contributed by atoms with Crippen molar-refractivity contribution in [3.8, 4) is 11.1 Å². The van der Waals surface area contributed by atoms with Crippen LogP contribution in [-0.4, -0.2) is 81.3 Å². The van der Waals surface area contributed by atoms with Gasteiger partial charge in [0.2, 0.25) is 0 Å². The number of nitrogens with two attached hydrogens (primary N) is 1. The monoisotopic (exact) mass is 574 g/mol. The number of rotatable bonds is 12. The van der Waals surface area contributed by atoms with E-state index in [0.717, 1.165) is 48.7 Å². The van der Waals surface area contributed by atoms with Crippen molar-refractivity contribution >= 4 is 30.1 Å². The van der Waals surface area contributed by atoms with Crippen LogP contribution in [0.5, 0.6) is 0 Å². The van der Waals surface area contributed by atoms with Crippen LogP contribution in [0.1, 0.15) is 45.6 Å². The summed E-state index contributed by atoms with van der Waals surface area (Å²) in [6.45, 7) is 19.8. The fourth-order valence-corrected chi connectivity index (χ4v) is 5.68. The highest BCUT2D eigenvalue weighted by Gasteiger charge is 2.29. The molecule has 226 valence electrons. The average molecular weight is 575 g/mol. The number of hydrogen-bond donors (Lipinski definition) is 3. The summed E-state index contributed by atoms with van der Waals surface area (Å²) in [4.78, 5) is 15.1. The first-order valence-electron chi connectivity index (χ1n) is 15.0. The molecule has 2 unspecified atom stereocenters. The van der Waals surface area contributed by atoms with Crippen molar-refractivity contribution in [1.82, 2.24) is 15.1 Å². The number of hydrogen-bond acceptors (Lipinski definition) is 7. The van der Waals surface area contributed by atoms with E-state index in [1.165, 1.54) is 32.3 Å². The summed E-state index contributed by atoms with van der Waals surface area (Å²) in [5.41, 5.74) is 11.1. The van der Waals surface area contributed by atoms with Crippen molar-refractivity contribution in [3.63, 3.8) is 0 Å². The number of likely N-dealkylation sites (tertiary alicyclic amines) is 1. The van der Waals surface area contributed by atoms with Gasteiger partial charge in [0.05, 0.1) is 11.4 Å². The number of nitrogens with zero attached hydrogens (tertiary/aromatic N) is 5. The quantitative estimate of drug-likeness (QED) is 0.234. The topological polar surface area (TPSA) is 84.5 Å². The van der Waals surface area contributed by atoms with Gasteiger partial charge in [0.25, 0.3) is 0 Å². The fourth-order valence-electron chi connectivity index (χ4n) is 5.68. The molecule has 9 heteroatoms. The predicted molar refractivity (Wildman–Crippen MR) is 177 cm³/mol. The van der Waals surface area contributed by atoms with Crippen molar-refractivity contribution in [3.05, 3.63) is 65.9 Å². The smallest absolute Gasteiger partial charge is 0.156 e. The van der Waals surface area contributed by atoms with E-state index < -0.39 is 0 Å². The van der Waals surface area contributed by atoms with Crippen LogP contribution in [0.3, 0.4) is 0 Å². The minimum absolute atomic E-state index is 0.313. The van der Waals surface area contributed by atoms with Crippen molar-refractivity contribution in [2.24, 2.45) is 15.7 Å². The third kappa shape index (κ3) is 7.38. The molecule has 0 spiro atoms. The predicted octanol–water partition coefficient (Wildman–Crippen LogP) is 5.36. The zero-order valence-corrected chi connectivity index (χ0v) is 25.7. The second-order valence-electron chi connectivity index (χ2n) is 11.4. The zero-order valence-electron chi connectivity index (χ0n) is 25.7. The maximum absolute atomic E-state index is 16.6. The summed E-state index contributed by atoms with van der Waals surface area (Å²) in [6.07, 6.45) is 4.44. The van der Waals surface area contributed by atoms with E-state index in [4.69, 9.17) is 5.73 Å². The van der Waals surface area contributed by atoms with Crippen molar-refractivity contribution in [1.29, 1.82) is 0 Å². The third-order valence-electron chi connectivity index (χ3n) is 8.53. The Labute approximate surface area is 250 Å². The fraction of sp³-hybridized carbons (Fsp3) is 0.455. The molecular formula is C33H47FN8. The lowest BCUT2D eigenvalue weighted by atomic mass is 9.99. The molecule has 2 heterocycles. The van der Waals surface area contributed by atoms with Crippen molar-refractivity contribution in [2.45, 2.75) is 52.1 Å². The van der Waals surface area contributed by atoms with Gasteiger partial charge in [0.15, 0.2) is 11.6 Å². The molecule has 4 rings (SSSR count). The van der Waals surface area contributed by atoms with Gasteiger partial charge in [-0.25, -0.2) is 9.38 Å². The Morgan fingerprint density at radius 1 is 1.10 bits per heavy atom. The van der Waals surface area contributed by atoms with E-state index in [2.05, 4.69) is 69.5 Å². The summed E-state index contributed by atoms with van der Waals surface area (Å²) in [5, 5.41) is 6.68. The Balaban J connectivity index is 1.63. The summed E-state index contributed by atoms with van der Waals surface area (Å²) < 4.78 is 16.6. The Morgan fingerprint density at radius 3 is 2.38 bits per heavy atom. The van der Waals surface area contributed by atoms with E-state index in [9.17, 15) is 0 Å². The minimum atomic E-state index is -0.356. The summed E-state index contributed by atoms with van der Waals surface area (Å²) in [5.74, 6) is 0.00860. The van der Waals surface area contributed by atoms with Crippen LogP contribution in [0.4, 0.5) is 15.8 Å². The standard InChI is InChI=1S/C33H47FN8/c1-7-29(35)33(38-22-36-5)39-32-30(42-20-23(2)40(6)24(3)21-42)15-14-28(31(32)34)27-12-10-26(11-13-27)25(4)37-16-19-41-17-8-9-18-41/h10-15,22-24,37,39H,4-5,7-9,16-21,35H2,1-3,6H3/b33-29-,38-22-. The lowest BCUT2D eigenvalue weighted by Gasteiger charge is -2.44. The van der Waals surface area contributed by atoms with Gasteiger partial charge in [0, 0.05) is 49.5 Å². The van der Waals surface area contributed by atoms with Crippen LogP contribution in [0.25, 0.3) is 16.8 Å². The Hall–Kier alpha value is -3.69. The molecule has 2 aliphatic rings. The summed E-state index contributed by atoms with van der Waals surface area (Å²) in [7, 11) is 2.14. The molecule has 2 atom stereocenters. The first kappa shape index (κ1) is 31.3. The van der Waals surface area contributed by atoms with Crippen molar-refractivity contribution < 1.29 is 4.39 Å². The van der Waals surface area contributed by atoms with Gasteiger partial charge < -0.3 is 26.2 Å². The van der Waals surface area contributed by atoms with Crippen LogP contribution in [0.15, 0.2) is 64.5 Å². The van der Waals surface area contributed by atoms with Crippen LogP contribution in [0, 0.1) is 5.82 Å². The Morgan fingerprint density at radius 2 is 1.76 bits per heavy atom. The van der Waals surface area contributed by atoms with Gasteiger partial charge in [-0.15, -0.1) is 0 Å². The molecule has 0 amide bonds. The lowest BCUT2D eigenvalue weighted by Crippen LogP contribution is -2.55. The van der Waals surface area contributed by atoms with Crippen LogP contribution < -0.4 is 21.3 Å². The Kier molecular flexibility index (Phi) is 10.8.